The molecule has 2 saturated heterocycles. The van der Waals surface area contributed by atoms with Gasteiger partial charge in [0, 0.05) is 77.4 Å². The summed E-state index contributed by atoms with van der Waals surface area (Å²) in [6.45, 7) is 11.9. The second-order valence-corrected chi connectivity index (χ2v) is 13.2. The molecule has 7 rings (SSSR count). The van der Waals surface area contributed by atoms with Gasteiger partial charge in [0.05, 0.1) is 35.8 Å². The fourth-order valence-corrected chi connectivity index (χ4v) is 8.56. The molecule has 3 aliphatic rings. The largest absolute Gasteiger partial charge is 0.380 e. The lowest BCUT2D eigenvalue weighted by Crippen LogP contribution is -2.58. The lowest BCUT2D eigenvalue weighted by atomic mass is 9.88. The van der Waals surface area contributed by atoms with Crippen molar-refractivity contribution < 1.29 is 18.3 Å². The highest BCUT2D eigenvalue weighted by molar-refractivity contribution is 7.99. The number of aryl methyl sites for hydroxylation is 2. The van der Waals surface area contributed by atoms with Gasteiger partial charge in [-0.25, -0.2) is 13.6 Å². The number of nitrogens with zero attached hydrogens (tertiary/aromatic N) is 6. The van der Waals surface area contributed by atoms with Gasteiger partial charge in [0.15, 0.2) is 0 Å². The SMILES string of the molecule is C=CC(=O)N1[C@H](C)CN(c2nc(=O)n3c4c(c(-c5c(F)cc(F)c6cnn(C)c56)c(C)cc24)SCC2(COC2)C3)C[C@@H]1C. The number of piperazine rings is 1. The molecule has 0 N–H and O–H groups in total. The Hall–Kier alpha value is -3.77. The second-order valence-electron chi connectivity index (χ2n) is 12.2. The van der Waals surface area contributed by atoms with E-state index in [1.54, 1.807) is 23.4 Å². The molecule has 1 spiro atoms. The number of anilines is 1. The zero-order valence-electron chi connectivity index (χ0n) is 24.5. The summed E-state index contributed by atoms with van der Waals surface area (Å²) in [5.41, 5.74) is 2.06. The number of amides is 1. The fourth-order valence-electron chi connectivity index (χ4n) is 7.09. The first kappa shape index (κ1) is 28.0. The van der Waals surface area contributed by atoms with Crippen LogP contribution in [0.1, 0.15) is 19.4 Å². The van der Waals surface area contributed by atoms with Gasteiger partial charge in [-0.15, -0.1) is 11.8 Å². The molecule has 2 aromatic carbocycles. The zero-order chi connectivity index (χ0) is 30.4. The van der Waals surface area contributed by atoms with E-state index < -0.39 is 11.6 Å². The number of hydrogen-bond acceptors (Lipinski definition) is 7. The quantitative estimate of drug-likeness (QED) is 0.322. The number of carbonyl (C=O) groups excluding carboxylic acids is 1. The topological polar surface area (TPSA) is 85.5 Å². The summed E-state index contributed by atoms with van der Waals surface area (Å²) >= 11 is 1.58. The average molecular weight is 607 g/mol. The molecule has 2 atom stereocenters. The minimum atomic E-state index is -0.687. The number of thioether (sulfide) groups is 1. The third-order valence-corrected chi connectivity index (χ3v) is 10.5. The Kier molecular flexibility index (Phi) is 6.44. The van der Waals surface area contributed by atoms with Crippen LogP contribution in [0.25, 0.3) is 32.9 Å². The lowest BCUT2D eigenvalue weighted by Gasteiger charge is -2.44. The highest BCUT2D eigenvalue weighted by Gasteiger charge is 2.43. The molecule has 3 aliphatic heterocycles. The van der Waals surface area contributed by atoms with Gasteiger partial charge in [-0.1, -0.05) is 6.58 Å². The second kappa shape index (κ2) is 9.88. The molecule has 0 radical (unpaired) electrons. The van der Waals surface area contributed by atoms with E-state index in [2.05, 4.69) is 21.6 Å². The third-order valence-electron chi connectivity index (χ3n) is 9.05. The number of rotatable bonds is 3. The van der Waals surface area contributed by atoms with Crippen LogP contribution in [0.15, 0.2) is 40.7 Å². The number of carbonyl (C=O) groups is 1. The van der Waals surface area contributed by atoms with Crippen molar-refractivity contribution in [2.75, 3.05) is 37.0 Å². The Labute approximate surface area is 251 Å². The Morgan fingerprint density at radius 2 is 1.84 bits per heavy atom. The molecule has 224 valence electrons. The maximum Gasteiger partial charge on any atom is 0.350 e. The molecule has 0 saturated carbocycles. The van der Waals surface area contributed by atoms with E-state index in [9.17, 15) is 14.0 Å². The van der Waals surface area contributed by atoms with E-state index in [1.165, 1.54) is 17.0 Å². The van der Waals surface area contributed by atoms with Crippen molar-refractivity contribution in [3.63, 3.8) is 0 Å². The minimum Gasteiger partial charge on any atom is -0.380 e. The van der Waals surface area contributed by atoms with E-state index in [0.29, 0.717) is 61.0 Å². The minimum absolute atomic E-state index is 0.131. The summed E-state index contributed by atoms with van der Waals surface area (Å²) in [5, 5.41) is 5.25. The first-order chi connectivity index (χ1) is 20.5. The molecule has 1 amide bonds. The van der Waals surface area contributed by atoms with Crippen LogP contribution in [0.5, 0.6) is 0 Å². The highest BCUT2D eigenvalue weighted by Crippen LogP contribution is 2.49. The van der Waals surface area contributed by atoms with Gasteiger partial charge in [0.25, 0.3) is 0 Å². The average Bonchev–Trinajstić information content (AvgIpc) is 3.21. The number of aromatic nitrogens is 4. The first-order valence-electron chi connectivity index (χ1n) is 14.3. The number of halogens is 2. The molecule has 9 nitrogen and oxygen atoms in total. The van der Waals surface area contributed by atoms with E-state index >= 15 is 4.39 Å². The molecule has 2 aromatic heterocycles. The van der Waals surface area contributed by atoms with Crippen LogP contribution < -0.4 is 10.6 Å². The molecule has 43 heavy (non-hydrogen) atoms. The smallest absolute Gasteiger partial charge is 0.350 e. The molecule has 12 heteroatoms. The predicted octanol–water partition coefficient (Wildman–Crippen LogP) is 4.27. The van der Waals surface area contributed by atoms with Crippen molar-refractivity contribution in [2.45, 2.75) is 44.3 Å². The summed E-state index contributed by atoms with van der Waals surface area (Å²) in [5.74, 6) is -0.278. The van der Waals surface area contributed by atoms with E-state index in [1.807, 2.05) is 31.7 Å². The van der Waals surface area contributed by atoms with E-state index in [4.69, 9.17) is 4.74 Å². The monoisotopic (exact) mass is 606 g/mol. The normalized spacial score (nSPS) is 21.3. The van der Waals surface area contributed by atoms with Gasteiger partial charge in [-0.3, -0.25) is 14.0 Å². The lowest BCUT2D eigenvalue weighted by molar-refractivity contribution is -0.130. The van der Waals surface area contributed by atoms with Crippen molar-refractivity contribution in [1.82, 2.24) is 24.2 Å². The Balaban J connectivity index is 1.50. The van der Waals surface area contributed by atoms with Crippen LogP contribution >= 0.6 is 11.8 Å². The highest BCUT2D eigenvalue weighted by atomic mass is 32.2. The Bertz CT molecular complexity index is 1900. The van der Waals surface area contributed by atoms with Gasteiger partial charge < -0.3 is 14.5 Å². The van der Waals surface area contributed by atoms with Crippen molar-refractivity contribution in [2.24, 2.45) is 12.5 Å². The molecular formula is C31H32F2N6O3S. The molecule has 0 aliphatic carbocycles. The fraction of sp³-hybridized carbons (Fsp3) is 0.419. The standard InChI is InChI=1S/C31H32F2N6O3S/c1-6-23(40)39-17(3)10-37(11-18(39)4)29-19-7-16(2)24(25-22(33)8-21(32)20-9-34-36(5)26(20)25)28-27(19)38(30(41)35-29)12-31(15-43-28)13-42-14-31/h6-9,17-18H,1,10-15H2,2-5H3/t17-,18+. The number of ether oxygens (including phenoxy) is 1. The van der Waals surface area contributed by atoms with Gasteiger partial charge in [0.1, 0.15) is 17.5 Å². The zero-order valence-corrected chi connectivity index (χ0v) is 25.3. The maximum absolute atomic E-state index is 15.9. The summed E-state index contributed by atoms with van der Waals surface area (Å²) in [7, 11) is 1.67. The van der Waals surface area contributed by atoms with Crippen LogP contribution in [-0.2, 0) is 23.1 Å². The summed E-state index contributed by atoms with van der Waals surface area (Å²) in [6, 6.07) is 2.60. The number of benzene rings is 2. The summed E-state index contributed by atoms with van der Waals surface area (Å²) < 4.78 is 39.6. The van der Waals surface area contributed by atoms with Gasteiger partial charge in [0.2, 0.25) is 5.91 Å². The molecule has 4 aromatic rings. The van der Waals surface area contributed by atoms with Gasteiger partial charge in [-0.2, -0.15) is 10.1 Å². The molecule has 0 bridgehead atoms. The maximum atomic E-state index is 15.9. The van der Waals surface area contributed by atoms with Gasteiger partial charge in [-0.05, 0) is 38.5 Å². The van der Waals surface area contributed by atoms with Crippen LogP contribution in [0.2, 0.25) is 0 Å². The molecular weight excluding hydrogens is 574 g/mol. The Morgan fingerprint density at radius 1 is 1.12 bits per heavy atom. The number of hydrogen-bond donors (Lipinski definition) is 0. The molecule has 5 heterocycles. The van der Waals surface area contributed by atoms with Gasteiger partial charge >= 0.3 is 5.69 Å². The Morgan fingerprint density at radius 3 is 2.49 bits per heavy atom. The van der Waals surface area contributed by atoms with Crippen molar-refractivity contribution in [3.05, 3.63) is 58.7 Å². The predicted molar refractivity (Wildman–Crippen MR) is 163 cm³/mol. The number of fused-ring (bicyclic) bond motifs is 1. The van der Waals surface area contributed by atoms with Crippen molar-refractivity contribution in [3.8, 4) is 11.1 Å². The molecule has 2 fully saturated rings. The van der Waals surface area contributed by atoms with Crippen molar-refractivity contribution in [1.29, 1.82) is 0 Å². The third kappa shape index (κ3) is 4.13. The van der Waals surface area contributed by atoms with Crippen LogP contribution in [0.4, 0.5) is 14.6 Å². The van der Waals surface area contributed by atoms with Crippen LogP contribution in [0.3, 0.4) is 0 Å². The van der Waals surface area contributed by atoms with Crippen LogP contribution in [0, 0.1) is 24.0 Å². The first-order valence-corrected chi connectivity index (χ1v) is 15.3. The van der Waals surface area contributed by atoms with Crippen LogP contribution in [-0.4, -0.2) is 74.3 Å². The van der Waals surface area contributed by atoms with E-state index in [0.717, 1.165) is 21.9 Å². The van der Waals surface area contributed by atoms with Crippen molar-refractivity contribution >= 4 is 45.3 Å². The summed E-state index contributed by atoms with van der Waals surface area (Å²) in [4.78, 5) is 35.8. The van der Waals surface area contributed by atoms with E-state index in [-0.39, 0.29) is 40.0 Å². The molecule has 0 unspecified atom stereocenters. The summed E-state index contributed by atoms with van der Waals surface area (Å²) in [6.07, 6.45) is 2.74.